The van der Waals surface area contributed by atoms with Crippen molar-refractivity contribution >= 4 is 89.3 Å². The second-order valence-corrected chi connectivity index (χ2v) is 14.3. The van der Waals surface area contributed by atoms with E-state index in [0.29, 0.717) is 18.9 Å². The Labute approximate surface area is 367 Å². The third-order valence-corrected chi connectivity index (χ3v) is 9.98. The number of aliphatic imine (C=N–C) groups is 1. The summed E-state index contributed by atoms with van der Waals surface area (Å²) in [7, 11) is 2.68. The normalized spacial score (nSPS) is 17.0. The molecule has 3 amide bonds. The number of nitrogens with one attached hydrogen (secondary N) is 3. The molecule has 0 spiro atoms. The maximum absolute atomic E-state index is 13.5. The number of carbonyl (C=O) groups excluding carboxylic acids is 3. The van der Waals surface area contributed by atoms with Crippen LogP contribution in [0, 0.1) is 23.7 Å². The minimum Gasteiger partial charge on any atom is -0.453 e. The van der Waals surface area contributed by atoms with Gasteiger partial charge in [-0.15, -0.1) is 0 Å². The molecule has 0 saturated carbocycles. The van der Waals surface area contributed by atoms with Crippen molar-refractivity contribution in [3.8, 4) is 23.1 Å². The summed E-state index contributed by atoms with van der Waals surface area (Å²) in [5, 5.41) is 2.69. The van der Waals surface area contributed by atoms with E-state index in [0.717, 1.165) is 64.9 Å². The van der Waals surface area contributed by atoms with Crippen LogP contribution in [0.4, 0.5) is 4.79 Å². The zero-order valence-corrected chi connectivity index (χ0v) is 37.6. The maximum Gasteiger partial charge on any atom is 0.407 e. The molecule has 0 aliphatic carbocycles. The van der Waals surface area contributed by atoms with Crippen molar-refractivity contribution in [1.29, 1.82) is 0 Å². The van der Waals surface area contributed by atoms with Crippen molar-refractivity contribution in [3.05, 3.63) is 71.4 Å². The number of likely N-dealkylation sites (tertiary alicyclic amines) is 2. The Balaban J connectivity index is 0.00000290. The number of alkyl carbamates (subject to hydrolysis) is 1. The number of benzene rings is 2. The first-order valence-electron chi connectivity index (χ1n) is 18.4. The van der Waals surface area contributed by atoms with E-state index in [2.05, 4.69) is 42.0 Å². The Bertz CT molecular complexity index is 2060. The lowest BCUT2D eigenvalue weighted by Crippen LogP contribution is -2.51. The van der Waals surface area contributed by atoms with Crippen LogP contribution in [0.1, 0.15) is 88.2 Å². The molecule has 2 fully saturated rings. The molecule has 2 aromatic carbocycles. The van der Waals surface area contributed by atoms with E-state index in [1.54, 1.807) is 11.1 Å². The summed E-state index contributed by atoms with van der Waals surface area (Å²) in [5.74, 6) is 7.66. The fraction of sp³-hybridized carbons (Fsp3) is 0.450. The highest BCUT2D eigenvalue weighted by atomic mass is 32.1. The van der Waals surface area contributed by atoms with Gasteiger partial charge in [0.2, 0.25) is 18.2 Å². The fourth-order valence-corrected chi connectivity index (χ4v) is 7.13. The first-order valence-corrected chi connectivity index (χ1v) is 18.4. The molecule has 6 rings (SSSR count). The second-order valence-electron chi connectivity index (χ2n) is 14.3. The SMILES string of the molecule is COOC=N[C@@H](C(=O)N1CCC[C@H]1c1nc2ccc(C#Cc3ccc(-c4cnc([C@@H]5CCCN5C(=O)[C@@H](NC(=O)OC)C(C)C)[nH]4)cc3)cc2[nH]1)C(C)C.S.S.S.S. The Hall–Kier alpha value is -4.28. The van der Waals surface area contributed by atoms with Crippen molar-refractivity contribution in [2.24, 2.45) is 16.8 Å². The number of amides is 3. The van der Waals surface area contributed by atoms with Crippen LogP contribution in [0.5, 0.6) is 0 Å². The van der Waals surface area contributed by atoms with Crippen LogP contribution < -0.4 is 5.32 Å². The number of hydrogen-bond acceptors (Lipinski definition) is 9. The van der Waals surface area contributed by atoms with Gasteiger partial charge in [0.25, 0.3) is 0 Å². The topological polar surface area (TPSA) is 167 Å². The van der Waals surface area contributed by atoms with Crippen LogP contribution >= 0.6 is 54.0 Å². The van der Waals surface area contributed by atoms with Gasteiger partial charge in [0.05, 0.1) is 49.2 Å². The zero-order valence-electron chi connectivity index (χ0n) is 33.6. The van der Waals surface area contributed by atoms with Gasteiger partial charge in [-0.2, -0.15) is 58.9 Å². The molecule has 4 atom stereocenters. The molecule has 58 heavy (non-hydrogen) atoms. The smallest absolute Gasteiger partial charge is 0.407 e. The number of aromatic amines is 2. The number of nitrogens with zero attached hydrogens (tertiary/aromatic N) is 5. The minimum atomic E-state index is -0.688. The lowest BCUT2D eigenvalue weighted by molar-refractivity contribution is -0.188. The molecule has 4 heterocycles. The molecule has 0 bridgehead atoms. The van der Waals surface area contributed by atoms with Crippen LogP contribution in [0.3, 0.4) is 0 Å². The van der Waals surface area contributed by atoms with E-state index in [1.807, 2.05) is 75.1 Å². The van der Waals surface area contributed by atoms with Gasteiger partial charge in [-0.3, -0.25) is 9.59 Å². The number of carbonyl (C=O) groups is 3. The monoisotopic (exact) mass is 872 g/mol. The number of fused-ring (bicyclic) bond motifs is 1. The highest BCUT2D eigenvalue weighted by Crippen LogP contribution is 2.34. The highest BCUT2D eigenvalue weighted by Gasteiger charge is 2.38. The number of H-pyrrole nitrogens is 2. The first-order chi connectivity index (χ1) is 26.1. The first kappa shape index (κ1) is 49.9. The molecular weight excluding hydrogens is 817 g/mol. The Morgan fingerprint density at radius 2 is 1.47 bits per heavy atom. The molecule has 0 radical (unpaired) electrons. The third kappa shape index (κ3) is 11.5. The molecule has 2 saturated heterocycles. The van der Waals surface area contributed by atoms with Crippen molar-refractivity contribution in [2.75, 3.05) is 27.3 Å². The summed E-state index contributed by atoms with van der Waals surface area (Å²) in [5.41, 5.74) is 5.15. The second kappa shape index (κ2) is 22.8. The summed E-state index contributed by atoms with van der Waals surface area (Å²) in [6.07, 6.45) is 5.65. The number of methoxy groups -OCH3 is 1. The van der Waals surface area contributed by atoms with E-state index in [-0.39, 0.29) is 89.7 Å². The van der Waals surface area contributed by atoms with E-state index in [4.69, 9.17) is 14.6 Å². The maximum atomic E-state index is 13.5. The van der Waals surface area contributed by atoms with Gasteiger partial charge >= 0.3 is 6.09 Å². The Morgan fingerprint density at radius 1 is 0.845 bits per heavy atom. The van der Waals surface area contributed by atoms with Crippen molar-refractivity contribution in [2.45, 2.75) is 77.5 Å². The van der Waals surface area contributed by atoms with Gasteiger partial charge in [-0.05, 0) is 73.4 Å². The quantitative estimate of drug-likeness (QED) is 0.0532. The van der Waals surface area contributed by atoms with Gasteiger partial charge in [0, 0.05) is 24.2 Å². The predicted molar refractivity (Wildman–Crippen MR) is 244 cm³/mol. The average molecular weight is 873 g/mol. The Morgan fingerprint density at radius 3 is 2.09 bits per heavy atom. The molecule has 2 aliphatic heterocycles. The fourth-order valence-electron chi connectivity index (χ4n) is 7.13. The lowest BCUT2D eigenvalue weighted by atomic mass is 10.0. The molecule has 14 nitrogen and oxygen atoms in total. The third-order valence-electron chi connectivity index (χ3n) is 9.98. The Kier molecular flexibility index (Phi) is 19.6. The van der Waals surface area contributed by atoms with Gasteiger partial charge in [0.15, 0.2) is 0 Å². The molecule has 18 heteroatoms. The van der Waals surface area contributed by atoms with E-state index >= 15 is 0 Å². The highest BCUT2D eigenvalue weighted by molar-refractivity contribution is 7.59. The molecule has 0 unspecified atom stereocenters. The number of rotatable bonds is 11. The van der Waals surface area contributed by atoms with Crippen molar-refractivity contribution < 1.29 is 28.9 Å². The van der Waals surface area contributed by atoms with E-state index in [1.165, 1.54) is 20.6 Å². The van der Waals surface area contributed by atoms with Crippen molar-refractivity contribution in [1.82, 2.24) is 35.1 Å². The van der Waals surface area contributed by atoms with Gasteiger partial charge in [-0.1, -0.05) is 51.7 Å². The predicted octanol–water partition coefficient (Wildman–Crippen LogP) is 6.14. The standard InChI is InChI=1S/C40H48N8O6.4H2S/c1-24(2)34(42-23-54-53-6)38(49)48-20-8-10-33(48)37-43-29-18-15-27(21-30(29)44-37)12-11-26-13-16-28(17-14-26)31-22-41-36(45-31)32-9-7-19-47(32)39(50)35(25(3)4)46-40(51)52-5;;;;/h13-18,21-25,32-35H,7-10,19-20H2,1-6H3,(H,41,45)(H,43,44)(H,46,51);4*1H2/t32-,33-,34+,35-;;;;/m0..../s1. The molecule has 4 aromatic rings. The number of hydrogen-bond donors (Lipinski definition) is 3. The van der Waals surface area contributed by atoms with Crippen LogP contribution in [0.2, 0.25) is 0 Å². The van der Waals surface area contributed by atoms with Gasteiger partial charge in [0.1, 0.15) is 23.7 Å². The zero-order chi connectivity index (χ0) is 38.4. The van der Waals surface area contributed by atoms with Gasteiger partial charge in [-0.25, -0.2) is 19.8 Å². The largest absolute Gasteiger partial charge is 0.453 e. The van der Waals surface area contributed by atoms with Gasteiger partial charge < -0.3 is 34.7 Å². The summed E-state index contributed by atoms with van der Waals surface area (Å²) in [6.45, 7) is 8.94. The summed E-state index contributed by atoms with van der Waals surface area (Å²) in [4.78, 5) is 72.7. The van der Waals surface area contributed by atoms with Crippen LogP contribution in [0.25, 0.3) is 22.3 Å². The average Bonchev–Trinajstić information content (AvgIpc) is 4.00. The van der Waals surface area contributed by atoms with Crippen LogP contribution in [-0.2, 0) is 24.1 Å². The summed E-state index contributed by atoms with van der Waals surface area (Å²) < 4.78 is 4.75. The van der Waals surface area contributed by atoms with E-state index < -0.39 is 18.2 Å². The van der Waals surface area contributed by atoms with Crippen LogP contribution in [-0.4, -0.2) is 93.4 Å². The molecular formula is C40H56N8O6S4. The molecule has 3 N–H and O–H groups in total. The number of ether oxygens (including phenoxy) is 1. The summed E-state index contributed by atoms with van der Waals surface area (Å²) >= 11 is 0. The molecule has 316 valence electrons. The minimum absolute atomic E-state index is 0. The van der Waals surface area contributed by atoms with E-state index in [9.17, 15) is 14.4 Å². The summed E-state index contributed by atoms with van der Waals surface area (Å²) in [6, 6.07) is 12.1. The number of imidazole rings is 2. The molecule has 2 aliphatic rings. The molecule has 2 aromatic heterocycles. The lowest BCUT2D eigenvalue weighted by Gasteiger charge is -2.30. The number of aromatic nitrogens is 4. The van der Waals surface area contributed by atoms with Crippen molar-refractivity contribution in [3.63, 3.8) is 0 Å². The van der Waals surface area contributed by atoms with Crippen LogP contribution in [0.15, 0.2) is 53.7 Å².